The van der Waals surface area contributed by atoms with Crippen LogP contribution in [0.4, 0.5) is 17.2 Å². The van der Waals surface area contributed by atoms with Crippen molar-refractivity contribution in [1.29, 1.82) is 0 Å². The van der Waals surface area contributed by atoms with Crippen LogP contribution in [0.3, 0.4) is 0 Å². The second-order valence-electron chi connectivity index (χ2n) is 9.08. The molecule has 2 aromatic carbocycles. The number of rotatable bonds is 4. The molecule has 178 valence electrons. The van der Waals surface area contributed by atoms with Crippen molar-refractivity contribution in [3.63, 3.8) is 0 Å². The zero-order chi connectivity index (χ0) is 24.3. The molecule has 0 unspecified atom stereocenters. The first-order valence-electron chi connectivity index (χ1n) is 11.5. The van der Waals surface area contributed by atoms with Gasteiger partial charge in [-0.25, -0.2) is 19.9 Å². The molecular formula is C25H21N9O2. The van der Waals surface area contributed by atoms with Gasteiger partial charge in [0.25, 0.3) is 6.02 Å². The molecule has 1 saturated carbocycles. The van der Waals surface area contributed by atoms with Gasteiger partial charge in [-0.05, 0) is 61.7 Å². The van der Waals surface area contributed by atoms with Crippen LogP contribution in [0.15, 0.2) is 66.4 Å². The topological polar surface area (TPSA) is 129 Å². The average molecular weight is 480 g/mol. The van der Waals surface area contributed by atoms with Crippen molar-refractivity contribution < 1.29 is 9.47 Å². The second kappa shape index (κ2) is 7.60. The number of benzene rings is 2. The fraction of sp³-hybridized carbons (Fsp3) is 0.200. The van der Waals surface area contributed by atoms with Crippen LogP contribution in [0.25, 0.3) is 16.6 Å². The number of aryl methyl sites for hydroxylation is 1. The van der Waals surface area contributed by atoms with E-state index in [0.29, 0.717) is 35.7 Å². The Hall–Kier alpha value is -4.80. The number of anilines is 3. The molecule has 5 aromatic rings. The lowest BCUT2D eigenvalue weighted by molar-refractivity contribution is 0.306. The van der Waals surface area contributed by atoms with E-state index in [1.54, 1.807) is 23.1 Å². The van der Waals surface area contributed by atoms with E-state index in [1.165, 1.54) is 6.33 Å². The summed E-state index contributed by atoms with van der Waals surface area (Å²) in [5.41, 5.74) is 10.2. The van der Waals surface area contributed by atoms with Gasteiger partial charge in [0.15, 0.2) is 5.65 Å². The number of fused-ring (bicyclic) bond motifs is 2. The van der Waals surface area contributed by atoms with Gasteiger partial charge in [0.05, 0.1) is 16.9 Å². The molecule has 0 atom stereocenters. The quantitative estimate of drug-likeness (QED) is 0.409. The molecule has 0 bridgehead atoms. The fourth-order valence-corrected chi connectivity index (χ4v) is 4.32. The van der Waals surface area contributed by atoms with Crippen LogP contribution in [0.2, 0.25) is 0 Å². The highest BCUT2D eigenvalue weighted by Crippen LogP contribution is 2.45. The summed E-state index contributed by atoms with van der Waals surface area (Å²) in [4.78, 5) is 19.7. The summed E-state index contributed by atoms with van der Waals surface area (Å²) in [6, 6.07) is 14.1. The highest BCUT2D eigenvalue weighted by molar-refractivity contribution is 6.03. The minimum Gasteiger partial charge on any atom is -0.462 e. The standard InChI is InChI=1S/C25H21N9O2/c1-15-8-16(3-5-20(15)36-22-10-21-32-30-14-33(21)13-29-22)34(24-31-25(6-7-25)11-35-24)17-2-4-19-18(9-17)23(26)28-12-27-19/h2-5,8-10,12-14H,6-7,11H2,1H3,(H2,26,27,28). The molecule has 2 N–H and O–H groups in total. The molecule has 1 aliphatic heterocycles. The molecule has 0 amide bonds. The number of ether oxygens (including phenoxy) is 2. The Morgan fingerprint density at radius 3 is 2.72 bits per heavy atom. The van der Waals surface area contributed by atoms with Gasteiger partial charge in [-0.1, -0.05) is 0 Å². The summed E-state index contributed by atoms with van der Waals surface area (Å²) in [7, 11) is 0. The summed E-state index contributed by atoms with van der Waals surface area (Å²) >= 11 is 0. The third kappa shape index (κ3) is 3.44. The first-order valence-corrected chi connectivity index (χ1v) is 11.5. The fourth-order valence-electron chi connectivity index (χ4n) is 4.32. The predicted molar refractivity (Wildman–Crippen MR) is 133 cm³/mol. The molecule has 3 aromatic heterocycles. The van der Waals surface area contributed by atoms with E-state index in [-0.39, 0.29) is 5.54 Å². The van der Waals surface area contributed by atoms with E-state index < -0.39 is 0 Å². The van der Waals surface area contributed by atoms with Gasteiger partial charge in [-0.3, -0.25) is 9.30 Å². The van der Waals surface area contributed by atoms with Crippen molar-refractivity contribution in [2.75, 3.05) is 17.2 Å². The van der Waals surface area contributed by atoms with Gasteiger partial charge in [-0.15, -0.1) is 10.2 Å². The smallest absolute Gasteiger partial charge is 0.297 e. The third-order valence-electron chi connectivity index (χ3n) is 6.52. The van der Waals surface area contributed by atoms with Gasteiger partial charge >= 0.3 is 0 Å². The lowest BCUT2D eigenvalue weighted by Gasteiger charge is -2.25. The normalized spacial score (nSPS) is 15.8. The van der Waals surface area contributed by atoms with Crippen LogP contribution < -0.4 is 15.4 Å². The third-order valence-corrected chi connectivity index (χ3v) is 6.52. The van der Waals surface area contributed by atoms with Crippen molar-refractivity contribution in [3.8, 4) is 11.6 Å². The number of hydrogen-bond donors (Lipinski definition) is 1. The summed E-state index contributed by atoms with van der Waals surface area (Å²) in [6.45, 7) is 2.58. The van der Waals surface area contributed by atoms with Gasteiger partial charge in [0.1, 0.15) is 42.7 Å². The average Bonchev–Trinajstić information content (AvgIpc) is 3.28. The minimum atomic E-state index is -0.0866. The summed E-state index contributed by atoms with van der Waals surface area (Å²) in [6.07, 6.45) is 6.76. The molecule has 1 aliphatic carbocycles. The Balaban J connectivity index is 1.28. The van der Waals surface area contributed by atoms with Crippen LogP contribution in [0.1, 0.15) is 18.4 Å². The molecule has 11 heteroatoms. The van der Waals surface area contributed by atoms with Gasteiger partial charge in [-0.2, -0.15) is 0 Å². The van der Waals surface area contributed by atoms with E-state index >= 15 is 0 Å². The first kappa shape index (κ1) is 20.6. The molecule has 0 saturated heterocycles. The van der Waals surface area contributed by atoms with Crippen LogP contribution in [-0.4, -0.2) is 47.7 Å². The molecule has 4 heterocycles. The number of nitrogens with two attached hydrogens (primary N) is 1. The zero-order valence-electron chi connectivity index (χ0n) is 19.4. The zero-order valence-corrected chi connectivity index (χ0v) is 19.4. The summed E-state index contributed by atoms with van der Waals surface area (Å²) < 4.78 is 13.9. The minimum absolute atomic E-state index is 0.0866. The monoisotopic (exact) mass is 479 g/mol. The first-order chi connectivity index (χ1) is 17.6. The summed E-state index contributed by atoms with van der Waals surface area (Å²) in [5, 5.41) is 8.69. The molecule has 36 heavy (non-hydrogen) atoms. The highest BCUT2D eigenvalue weighted by Gasteiger charge is 2.49. The number of aliphatic imine (C=N–C) groups is 1. The number of aromatic nitrogens is 6. The van der Waals surface area contributed by atoms with Crippen LogP contribution in [0, 0.1) is 6.92 Å². The Bertz CT molecular complexity index is 1680. The van der Waals surface area contributed by atoms with Crippen molar-refractivity contribution in [1.82, 2.24) is 29.5 Å². The van der Waals surface area contributed by atoms with E-state index in [2.05, 4.69) is 25.1 Å². The molecule has 0 radical (unpaired) electrons. The molecule has 7 rings (SSSR count). The van der Waals surface area contributed by atoms with Gasteiger partial charge < -0.3 is 15.2 Å². The predicted octanol–water partition coefficient (Wildman–Crippen LogP) is 3.81. The molecular weight excluding hydrogens is 458 g/mol. The van der Waals surface area contributed by atoms with E-state index in [9.17, 15) is 0 Å². The second-order valence-corrected chi connectivity index (χ2v) is 9.08. The SMILES string of the molecule is Cc1cc(N(C2=NC3(CC3)CO2)c2ccc3ncnc(N)c3c2)ccc1Oc1cc2nncn2cn1. The Morgan fingerprint density at radius 1 is 1.03 bits per heavy atom. The lowest BCUT2D eigenvalue weighted by atomic mass is 10.1. The summed E-state index contributed by atoms with van der Waals surface area (Å²) in [5.74, 6) is 1.54. The number of nitrogen functional groups attached to an aromatic ring is 1. The Labute approximate surface area is 205 Å². The lowest BCUT2D eigenvalue weighted by Crippen LogP contribution is -2.26. The molecule has 1 spiro atoms. The van der Waals surface area contributed by atoms with Crippen LogP contribution >= 0.6 is 0 Å². The van der Waals surface area contributed by atoms with E-state index in [4.69, 9.17) is 20.2 Å². The highest BCUT2D eigenvalue weighted by atomic mass is 16.5. The Morgan fingerprint density at radius 2 is 1.89 bits per heavy atom. The van der Waals surface area contributed by atoms with Gasteiger partial charge in [0, 0.05) is 11.5 Å². The van der Waals surface area contributed by atoms with E-state index in [0.717, 1.165) is 40.7 Å². The van der Waals surface area contributed by atoms with Crippen molar-refractivity contribution >= 4 is 39.8 Å². The maximum absolute atomic E-state index is 6.15. The number of nitrogens with zero attached hydrogens (tertiary/aromatic N) is 8. The molecule has 11 nitrogen and oxygen atoms in total. The maximum Gasteiger partial charge on any atom is 0.297 e. The van der Waals surface area contributed by atoms with Gasteiger partial charge in [0.2, 0.25) is 5.88 Å². The van der Waals surface area contributed by atoms with Crippen molar-refractivity contribution in [2.24, 2.45) is 4.99 Å². The molecule has 2 aliphatic rings. The Kier molecular flexibility index (Phi) is 4.34. The number of hydrogen-bond acceptors (Lipinski definition) is 10. The van der Waals surface area contributed by atoms with Crippen LogP contribution in [0.5, 0.6) is 11.6 Å². The van der Waals surface area contributed by atoms with E-state index in [1.807, 2.05) is 48.2 Å². The largest absolute Gasteiger partial charge is 0.462 e. The van der Waals surface area contributed by atoms with Crippen LogP contribution in [-0.2, 0) is 4.74 Å². The molecule has 1 fully saturated rings. The van der Waals surface area contributed by atoms with Crippen molar-refractivity contribution in [2.45, 2.75) is 25.3 Å². The van der Waals surface area contributed by atoms with Crippen molar-refractivity contribution in [3.05, 3.63) is 67.0 Å². The number of amidine groups is 1. The maximum atomic E-state index is 6.15.